The first kappa shape index (κ1) is 28.9. The van der Waals surface area contributed by atoms with E-state index in [1.165, 1.54) is 5.56 Å². The van der Waals surface area contributed by atoms with E-state index in [1.54, 1.807) is 0 Å². The highest BCUT2D eigenvalue weighted by atomic mass is 16.6. The van der Waals surface area contributed by atoms with Crippen LogP contribution in [0.25, 0.3) is 0 Å². The van der Waals surface area contributed by atoms with Gasteiger partial charge in [0.2, 0.25) is 0 Å². The number of amides is 1. The molecule has 1 amide bonds. The van der Waals surface area contributed by atoms with Crippen LogP contribution < -0.4 is 10.6 Å². The predicted octanol–water partition coefficient (Wildman–Crippen LogP) is 5.35. The molecule has 0 radical (unpaired) electrons. The zero-order valence-electron chi connectivity index (χ0n) is 23.6. The maximum Gasteiger partial charge on any atom is 0.408 e. The number of ether oxygens (including phenoxy) is 2. The van der Waals surface area contributed by atoms with Crippen LogP contribution in [0.5, 0.6) is 0 Å². The van der Waals surface area contributed by atoms with Crippen LogP contribution in [0, 0.1) is 23.7 Å². The van der Waals surface area contributed by atoms with E-state index in [0.29, 0.717) is 5.92 Å². The lowest BCUT2D eigenvalue weighted by molar-refractivity contribution is -0.140. The van der Waals surface area contributed by atoms with Crippen molar-refractivity contribution >= 4 is 17.9 Å². The Morgan fingerprint density at radius 1 is 1.10 bits per heavy atom. The highest BCUT2D eigenvalue weighted by molar-refractivity contribution is 5.79. The quantitative estimate of drug-likeness (QED) is 0.337. The number of nitrogens with one attached hydrogen (secondary N) is 2. The number of alkyl carbamates (subject to hydrolysis) is 1. The Morgan fingerprint density at radius 3 is 2.76 bits per heavy atom. The van der Waals surface area contributed by atoms with Crippen LogP contribution in [0.1, 0.15) is 74.6 Å². The average molecular weight is 560 g/mol. The van der Waals surface area contributed by atoms with E-state index >= 15 is 0 Å². The number of aromatic nitrogens is 1. The Bertz CT molecular complexity index is 1230. The molecule has 5 rings (SSSR count). The summed E-state index contributed by atoms with van der Waals surface area (Å²) in [6, 6.07) is 13.0. The van der Waals surface area contributed by atoms with Gasteiger partial charge in [0, 0.05) is 30.8 Å². The van der Waals surface area contributed by atoms with Crippen LogP contribution >= 0.6 is 0 Å². The average Bonchev–Trinajstić information content (AvgIpc) is 2.97. The second-order valence-electron chi connectivity index (χ2n) is 11.5. The van der Waals surface area contributed by atoms with E-state index in [2.05, 4.69) is 34.6 Å². The van der Waals surface area contributed by atoms with Gasteiger partial charge in [-0.15, -0.1) is 0 Å². The summed E-state index contributed by atoms with van der Waals surface area (Å²) in [6.07, 6.45) is 9.12. The van der Waals surface area contributed by atoms with Crippen molar-refractivity contribution in [1.82, 2.24) is 10.3 Å². The van der Waals surface area contributed by atoms with Gasteiger partial charge < -0.3 is 25.2 Å². The zero-order valence-corrected chi connectivity index (χ0v) is 23.6. The fraction of sp³-hybridized carbons (Fsp3) is 0.545. The van der Waals surface area contributed by atoms with Crippen molar-refractivity contribution in [3.8, 4) is 11.8 Å². The van der Waals surface area contributed by atoms with Crippen molar-refractivity contribution in [1.29, 1.82) is 0 Å². The van der Waals surface area contributed by atoms with E-state index in [9.17, 15) is 14.7 Å². The molecule has 2 saturated carbocycles. The summed E-state index contributed by atoms with van der Waals surface area (Å²) in [5.74, 6) is 6.94. The van der Waals surface area contributed by atoms with E-state index < -0.39 is 18.1 Å². The van der Waals surface area contributed by atoms with Crippen LogP contribution in [0.4, 0.5) is 10.6 Å². The molecule has 8 nitrogen and oxygen atoms in total. The van der Waals surface area contributed by atoms with Crippen molar-refractivity contribution in [3.05, 3.63) is 59.3 Å². The first-order valence-electron chi connectivity index (χ1n) is 15.1. The number of aryl methyl sites for hydroxylation is 2. The first-order valence-corrected chi connectivity index (χ1v) is 15.1. The number of pyridine rings is 1. The van der Waals surface area contributed by atoms with E-state index in [0.717, 1.165) is 87.8 Å². The third kappa shape index (κ3) is 8.46. The minimum absolute atomic E-state index is 0.0624. The number of benzene rings is 1. The normalized spacial score (nSPS) is 23.9. The minimum atomic E-state index is -1.09. The van der Waals surface area contributed by atoms with Crippen molar-refractivity contribution in [3.63, 3.8) is 0 Å². The van der Waals surface area contributed by atoms with Gasteiger partial charge in [0.25, 0.3) is 0 Å². The van der Waals surface area contributed by atoms with Gasteiger partial charge in [0.1, 0.15) is 18.0 Å². The first-order chi connectivity index (χ1) is 20.0. The molecule has 0 bridgehead atoms. The van der Waals surface area contributed by atoms with Gasteiger partial charge in [0.15, 0.2) is 0 Å². The Balaban J connectivity index is 1.00. The number of nitrogens with zero attached hydrogens (tertiary/aromatic N) is 1. The number of aliphatic carboxylic acids is 1. The number of carbonyl (C=O) groups excluding carboxylic acids is 1. The molecule has 2 aromatic rings. The summed E-state index contributed by atoms with van der Waals surface area (Å²) in [4.78, 5) is 29.2. The van der Waals surface area contributed by atoms with Gasteiger partial charge in [-0.25, -0.2) is 14.6 Å². The van der Waals surface area contributed by atoms with Crippen LogP contribution in [0.2, 0.25) is 0 Å². The fourth-order valence-electron chi connectivity index (χ4n) is 5.93. The molecule has 8 heteroatoms. The van der Waals surface area contributed by atoms with Gasteiger partial charge >= 0.3 is 12.1 Å². The molecule has 2 heterocycles. The summed E-state index contributed by atoms with van der Waals surface area (Å²) in [7, 11) is 0. The minimum Gasteiger partial charge on any atom is -0.480 e. The second kappa shape index (κ2) is 14.4. The Labute approximate surface area is 242 Å². The second-order valence-corrected chi connectivity index (χ2v) is 11.5. The molecule has 1 aromatic heterocycles. The molecule has 2 fully saturated rings. The van der Waals surface area contributed by atoms with Gasteiger partial charge in [-0.1, -0.05) is 42.5 Å². The third-order valence-corrected chi connectivity index (χ3v) is 8.44. The lowest BCUT2D eigenvalue weighted by Gasteiger charge is -2.35. The SMILES string of the molecule is O=C(NC(CCO[C@H]1C[C@H](CCc2ccc3c(n2)NCCC3)C1)C(=O)O)O[C@@H]1CCCC[C@H]1C#Cc1ccccc1. The molecule has 218 valence electrons. The maximum absolute atomic E-state index is 12.6. The molecule has 3 N–H and O–H groups in total. The number of fused-ring (bicyclic) bond motifs is 1. The molecule has 3 atom stereocenters. The van der Waals surface area contributed by atoms with E-state index in [4.69, 9.17) is 14.5 Å². The molecule has 1 unspecified atom stereocenters. The van der Waals surface area contributed by atoms with Crippen molar-refractivity contribution < 1.29 is 24.2 Å². The highest BCUT2D eigenvalue weighted by Crippen LogP contribution is 2.34. The number of rotatable bonds is 10. The van der Waals surface area contributed by atoms with E-state index in [-0.39, 0.29) is 31.2 Å². The Hall–Kier alpha value is -3.57. The van der Waals surface area contributed by atoms with E-state index in [1.807, 2.05) is 30.3 Å². The lowest BCUT2D eigenvalue weighted by Crippen LogP contribution is -2.44. The predicted molar refractivity (Wildman–Crippen MR) is 157 cm³/mol. The molecule has 1 aromatic carbocycles. The highest BCUT2D eigenvalue weighted by Gasteiger charge is 2.31. The molecule has 41 heavy (non-hydrogen) atoms. The molecular weight excluding hydrogens is 518 g/mol. The zero-order chi connectivity index (χ0) is 28.4. The van der Waals surface area contributed by atoms with Crippen LogP contribution in [0.15, 0.2) is 42.5 Å². The van der Waals surface area contributed by atoms with Crippen molar-refractivity contribution in [2.45, 2.75) is 88.9 Å². The Kier molecular flexibility index (Phi) is 10.1. The number of hydrogen-bond acceptors (Lipinski definition) is 6. The summed E-state index contributed by atoms with van der Waals surface area (Å²) in [5.41, 5.74) is 3.37. The molecule has 0 saturated heterocycles. The van der Waals surface area contributed by atoms with Crippen LogP contribution in [0.3, 0.4) is 0 Å². The third-order valence-electron chi connectivity index (χ3n) is 8.44. The molecular formula is C33H41N3O5. The number of carboxylic acids is 1. The molecule has 3 aliphatic rings. The van der Waals surface area contributed by atoms with Gasteiger partial charge in [-0.05, 0) is 87.5 Å². The van der Waals surface area contributed by atoms with Crippen molar-refractivity contribution in [2.75, 3.05) is 18.5 Å². The number of anilines is 1. The fourth-order valence-corrected chi connectivity index (χ4v) is 5.93. The topological polar surface area (TPSA) is 110 Å². The Morgan fingerprint density at radius 2 is 1.93 bits per heavy atom. The largest absolute Gasteiger partial charge is 0.480 e. The van der Waals surface area contributed by atoms with Crippen LogP contribution in [-0.2, 0) is 27.1 Å². The molecule has 0 spiro atoms. The number of carbonyl (C=O) groups is 2. The van der Waals surface area contributed by atoms with Gasteiger partial charge in [-0.2, -0.15) is 0 Å². The summed E-state index contributed by atoms with van der Waals surface area (Å²) in [6.45, 7) is 1.27. The van der Waals surface area contributed by atoms with Crippen molar-refractivity contribution in [2.24, 2.45) is 11.8 Å². The summed E-state index contributed by atoms with van der Waals surface area (Å²) < 4.78 is 11.6. The maximum atomic E-state index is 12.6. The molecule has 1 aliphatic heterocycles. The standard InChI is InChI=1S/C33H41N3O5/c37-32(38)29(36-33(39)41-30-11-5-4-9-25(30)14-12-23-7-2-1-3-8-23)18-20-40-28-21-24(22-28)13-16-27-17-15-26-10-6-19-34-31(26)35-27/h1-3,7-8,15,17,24-25,28-30H,4-6,9-11,13,16,18-22H2,(H,34,35)(H,36,39)(H,37,38)/t24-,25-,28-,29?,30+/m0/s1. The number of hydrogen-bond donors (Lipinski definition) is 3. The summed E-state index contributed by atoms with van der Waals surface area (Å²) in [5, 5.41) is 15.6. The monoisotopic (exact) mass is 559 g/mol. The summed E-state index contributed by atoms with van der Waals surface area (Å²) >= 11 is 0. The molecule has 2 aliphatic carbocycles. The lowest BCUT2D eigenvalue weighted by atomic mass is 9.79. The van der Waals surface area contributed by atoms with Crippen LogP contribution in [-0.4, -0.2) is 53.6 Å². The van der Waals surface area contributed by atoms with Gasteiger partial charge in [-0.3, -0.25) is 0 Å². The number of carboxylic acid groups (broad SMARTS) is 1. The van der Waals surface area contributed by atoms with Gasteiger partial charge in [0.05, 0.1) is 12.0 Å². The smallest absolute Gasteiger partial charge is 0.408 e.